The average Bonchev–Trinajstić information content (AvgIpc) is 3.37. The molecule has 1 saturated heterocycles. The lowest BCUT2D eigenvalue weighted by Gasteiger charge is -2.41. The number of rotatable bonds is 21. The molecule has 0 N–H and O–H groups in total. The molecule has 1 spiro atoms. The van der Waals surface area contributed by atoms with E-state index in [1.165, 1.54) is 166 Å². The number of fused-ring (bicyclic) bond motifs is 5. The lowest BCUT2D eigenvalue weighted by Crippen LogP contribution is -2.61. The molecule has 6 heteroatoms. The highest BCUT2D eigenvalue weighted by Gasteiger charge is 2.86. The third kappa shape index (κ3) is 9.35. The molecule has 4 aliphatic rings. The minimum Gasteiger partial charge on any atom is -0.341 e. The van der Waals surface area contributed by atoms with Crippen LogP contribution in [0.4, 0.5) is 0 Å². The molecule has 3 heterocycles. The molecule has 0 aromatic heterocycles. The molecular weight excluding hydrogens is 773 g/mol. The van der Waals surface area contributed by atoms with E-state index < -0.39 is 6.03 Å². The van der Waals surface area contributed by atoms with Crippen LogP contribution >= 0.6 is 0 Å². The highest BCUT2D eigenvalue weighted by Crippen LogP contribution is 2.56. The summed E-state index contributed by atoms with van der Waals surface area (Å²) in [6, 6.07) is 11.0. The first kappa shape index (κ1) is 49.7. The fourth-order valence-electron chi connectivity index (χ4n) is 13.4. The van der Waals surface area contributed by atoms with E-state index in [1.807, 2.05) is 0 Å². The molecule has 0 bridgehead atoms. The summed E-state index contributed by atoms with van der Waals surface area (Å²) in [4.78, 5) is 0. The first-order chi connectivity index (χ1) is 29.7. The highest BCUT2D eigenvalue weighted by atomic mass is 16.7. The van der Waals surface area contributed by atoms with Gasteiger partial charge in [0, 0.05) is 32.3 Å². The molecule has 1 unspecified atom stereocenters. The normalized spacial score (nSPS) is 23.4. The van der Waals surface area contributed by atoms with Crippen LogP contribution in [-0.4, -0.2) is 100 Å². The molecule has 6 nitrogen and oxygen atoms in total. The van der Waals surface area contributed by atoms with Gasteiger partial charge in [0.2, 0.25) is 11.1 Å². The van der Waals surface area contributed by atoms with Crippen molar-refractivity contribution in [3.8, 4) is 11.5 Å². The summed E-state index contributed by atoms with van der Waals surface area (Å²) in [5, 5.41) is 0. The van der Waals surface area contributed by atoms with Crippen molar-refractivity contribution in [2.75, 3.05) is 52.4 Å². The van der Waals surface area contributed by atoms with Gasteiger partial charge >= 0.3 is 6.03 Å². The van der Waals surface area contributed by atoms with Gasteiger partial charge in [0.25, 0.3) is 0 Å². The maximum atomic E-state index is 7.60. The number of ether oxygens (including phenoxy) is 2. The van der Waals surface area contributed by atoms with Gasteiger partial charge < -0.3 is 18.4 Å². The van der Waals surface area contributed by atoms with E-state index in [4.69, 9.17) is 9.47 Å². The van der Waals surface area contributed by atoms with Gasteiger partial charge in [-0.3, -0.25) is 0 Å². The Kier molecular flexibility index (Phi) is 14.9. The van der Waals surface area contributed by atoms with E-state index in [-0.39, 0.29) is 27.3 Å². The topological polar surface area (TPSA) is 24.5 Å². The van der Waals surface area contributed by atoms with Crippen molar-refractivity contribution in [2.24, 2.45) is 0 Å². The van der Waals surface area contributed by atoms with Gasteiger partial charge in [0.05, 0.1) is 63.5 Å². The predicted octanol–water partition coefficient (Wildman–Crippen LogP) is 13.3. The molecule has 2 fully saturated rings. The van der Waals surface area contributed by atoms with Crippen molar-refractivity contribution < 1.29 is 27.6 Å². The largest absolute Gasteiger partial charge is 0.705 e. The summed E-state index contributed by atoms with van der Waals surface area (Å²) in [7, 11) is 0. The molecule has 0 radical (unpaired) electrons. The minimum absolute atomic E-state index is 0.0180. The summed E-state index contributed by atoms with van der Waals surface area (Å²) < 4.78 is 22.8. The summed E-state index contributed by atoms with van der Waals surface area (Å²) in [6.07, 6.45) is 22.1. The zero-order valence-electron chi connectivity index (χ0n) is 43.7. The summed E-state index contributed by atoms with van der Waals surface area (Å²) in [5.41, 5.74) is 6.07. The number of hydrogen-bond acceptors (Lipinski definition) is 2. The van der Waals surface area contributed by atoms with Crippen LogP contribution in [0, 0.1) is 0 Å². The lowest BCUT2D eigenvalue weighted by molar-refractivity contribution is -0.928. The van der Waals surface area contributed by atoms with Crippen LogP contribution in [0.5, 0.6) is 11.5 Å². The van der Waals surface area contributed by atoms with Crippen LogP contribution in [0.3, 0.4) is 0 Å². The molecular formula is C57H96N4O2+4. The SMILES string of the molecule is CCC[N+](CCC)(CCC)CCCC(C)(CCC[N+](CCC)(CCC)CCC)c1ccc2c(c1)C=[N+]1C3(O2)Oc2c(cc(C(C)(C)C)cc2C(C)(C)C)C=[N+]3[C@@]2(C)CCCC[C@]12C. The maximum absolute atomic E-state index is 7.60. The van der Waals surface area contributed by atoms with Crippen molar-refractivity contribution in [2.45, 2.75) is 227 Å². The Bertz CT molecular complexity index is 1900. The Morgan fingerprint density at radius 1 is 0.540 bits per heavy atom. The Morgan fingerprint density at radius 2 is 0.984 bits per heavy atom. The first-order valence-electron chi connectivity index (χ1n) is 26.4. The Morgan fingerprint density at radius 3 is 1.41 bits per heavy atom. The van der Waals surface area contributed by atoms with Crippen molar-refractivity contribution in [3.05, 3.63) is 58.1 Å². The quantitative estimate of drug-likeness (QED) is 0.0922. The lowest BCUT2D eigenvalue weighted by atomic mass is 9.69. The second-order valence-corrected chi connectivity index (χ2v) is 23.9. The number of quaternary nitrogens is 2. The standard InChI is InChI=1S/C57H96N4O2/c1-16-32-60(33-17-2,34-18-3)38-24-28-54(13,29-25-39-61(35-19-4,36-20-5)37-21-6)47-26-27-50-45(40-47)43-58-55(14)30-22-23-31-56(55,15)59-44-46-41-48(52(7,8)9)42-49(53(10,11)12)51(46)63-57(58,59)62-50/h26-27,40-44H,16-25,28-39H2,1-15H3/q+4/t55-,56-,57?/m0/s1. The molecule has 6 rings (SSSR count). The van der Waals surface area contributed by atoms with Gasteiger partial charge in [0.1, 0.15) is 0 Å². The molecule has 63 heavy (non-hydrogen) atoms. The molecule has 352 valence electrons. The molecule has 0 amide bonds. The fraction of sp³-hybridized carbons (Fsp3) is 0.754. The second-order valence-electron chi connectivity index (χ2n) is 23.9. The van der Waals surface area contributed by atoms with Gasteiger partial charge in [-0.25, -0.2) is 0 Å². The van der Waals surface area contributed by atoms with E-state index >= 15 is 0 Å². The second kappa shape index (κ2) is 18.9. The van der Waals surface area contributed by atoms with E-state index in [1.54, 1.807) is 0 Å². The van der Waals surface area contributed by atoms with Gasteiger partial charge in [0.15, 0.2) is 23.9 Å². The van der Waals surface area contributed by atoms with E-state index in [9.17, 15) is 0 Å². The van der Waals surface area contributed by atoms with Crippen LogP contribution in [0.2, 0.25) is 0 Å². The van der Waals surface area contributed by atoms with Crippen molar-refractivity contribution >= 4 is 12.4 Å². The van der Waals surface area contributed by atoms with Crippen molar-refractivity contribution in [1.82, 2.24) is 0 Å². The third-order valence-electron chi connectivity index (χ3n) is 16.8. The monoisotopic (exact) mass is 869 g/mol. The fourth-order valence-corrected chi connectivity index (χ4v) is 13.4. The highest BCUT2D eigenvalue weighted by molar-refractivity contribution is 5.84. The Balaban J connectivity index is 1.44. The number of nitrogens with zero attached hydrogens (tertiary/aromatic N) is 4. The van der Waals surface area contributed by atoms with Crippen LogP contribution in [0.15, 0.2) is 30.3 Å². The summed E-state index contributed by atoms with van der Waals surface area (Å²) in [6.45, 7) is 46.3. The Hall–Kier alpha value is -2.70. The summed E-state index contributed by atoms with van der Waals surface area (Å²) in [5.74, 6) is 1.90. The van der Waals surface area contributed by atoms with Crippen LogP contribution in [0.1, 0.15) is 222 Å². The zero-order valence-corrected chi connectivity index (χ0v) is 43.7. The van der Waals surface area contributed by atoms with Crippen LogP contribution in [-0.2, 0) is 16.2 Å². The van der Waals surface area contributed by atoms with Gasteiger partial charge in [-0.1, -0.05) is 111 Å². The molecule has 2 aromatic rings. The van der Waals surface area contributed by atoms with Gasteiger partial charge in [-0.15, -0.1) is 0 Å². The number of hydrogen-bond donors (Lipinski definition) is 0. The molecule has 1 saturated carbocycles. The predicted molar refractivity (Wildman–Crippen MR) is 267 cm³/mol. The molecule has 3 aliphatic heterocycles. The van der Waals surface area contributed by atoms with Crippen LogP contribution < -0.4 is 9.47 Å². The first-order valence-corrected chi connectivity index (χ1v) is 26.4. The van der Waals surface area contributed by atoms with Gasteiger partial charge in [-0.2, -0.15) is 0 Å². The van der Waals surface area contributed by atoms with Crippen molar-refractivity contribution in [1.29, 1.82) is 0 Å². The maximum Gasteiger partial charge on any atom is 0.705 e. The Labute approximate surface area is 387 Å². The molecule has 2 aromatic carbocycles. The summed E-state index contributed by atoms with van der Waals surface area (Å²) >= 11 is 0. The zero-order chi connectivity index (χ0) is 46.1. The molecule has 1 aliphatic carbocycles. The minimum atomic E-state index is -1.10. The molecule has 3 atom stereocenters. The third-order valence-corrected chi connectivity index (χ3v) is 16.8. The smallest absolute Gasteiger partial charge is 0.341 e. The van der Waals surface area contributed by atoms with E-state index in [0.29, 0.717) is 0 Å². The average molecular weight is 869 g/mol. The van der Waals surface area contributed by atoms with Crippen LogP contribution in [0.25, 0.3) is 0 Å². The van der Waals surface area contributed by atoms with Gasteiger partial charge in [-0.05, 0) is 123 Å². The van der Waals surface area contributed by atoms with Crippen molar-refractivity contribution in [3.63, 3.8) is 0 Å². The number of benzene rings is 2. The van der Waals surface area contributed by atoms with E-state index in [0.717, 1.165) is 24.3 Å². The van der Waals surface area contributed by atoms with E-state index in [2.05, 4.69) is 156 Å².